The van der Waals surface area contributed by atoms with Gasteiger partial charge in [0.1, 0.15) is 0 Å². The summed E-state index contributed by atoms with van der Waals surface area (Å²) in [6, 6.07) is 11.0. The fraction of sp³-hybridized carbons (Fsp3) is 0.353. The third kappa shape index (κ3) is 2.48. The molecule has 1 aromatic heterocycles. The van der Waals surface area contributed by atoms with Gasteiger partial charge in [-0.2, -0.15) is 0 Å². The molecule has 19 heavy (non-hydrogen) atoms. The number of nitrogens with one attached hydrogen (secondary N) is 1. The maximum atomic E-state index is 4.17. The first-order chi connectivity index (χ1) is 9.15. The van der Waals surface area contributed by atoms with E-state index in [2.05, 4.69) is 48.4 Å². The fourth-order valence-electron chi connectivity index (χ4n) is 2.71. The first-order valence-electron chi connectivity index (χ1n) is 6.91. The van der Waals surface area contributed by atoms with Gasteiger partial charge in [-0.25, -0.2) is 0 Å². The van der Waals surface area contributed by atoms with Crippen LogP contribution in [0.4, 0.5) is 5.69 Å². The molecule has 2 aromatic rings. The molecule has 0 fully saturated rings. The minimum absolute atomic E-state index is 0.250. The molecule has 0 saturated carbocycles. The Morgan fingerprint density at radius 3 is 2.79 bits per heavy atom. The molecule has 0 radical (unpaired) electrons. The van der Waals surface area contributed by atoms with Gasteiger partial charge in [-0.15, -0.1) is 0 Å². The Bertz CT molecular complexity index is 573. The monoisotopic (exact) mass is 252 g/mol. The highest BCUT2D eigenvalue weighted by molar-refractivity contribution is 5.60. The molecule has 0 unspecified atom stereocenters. The van der Waals surface area contributed by atoms with Crippen LogP contribution < -0.4 is 5.32 Å². The van der Waals surface area contributed by atoms with E-state index in [4.69, 9.17) is 0 Å². The zero-order valence-electron chi connectivity index (χ0n) is 11.6. The number of benzene rings is 1. The largest absolute Gasteiger partial charge is 0.384 e. The van der Waals surface area contributed by atoms with Crippen molar-refractivity contribution in [3.8, 4) is 0 Å². The number of aromatic nitrogens is 1. The van der Waals surface area contributed by atoms with E-state index in [9.17, 15) is 0 Å². The maximum Gasteiger partial charge on any atom is 0.0379 e. The van der Waals surface area contributed by atoms with Crippen molar-refractivity contribution in [3.63, 3.8) is 0 Å². The average molecular weight is 252 g/mol. The highest BCUT2D eigenvalue weighted by atomic mass is 14.9. The van der Waals surface area contributed by atoms with Crippen molar-refractivity contribution >= 4 is 5.69 Å². The summed E-state index contributed by atoms with van der Waals surface area (Å²) in [7, 11) is 0. The number of aryl methyl sites for hydroxylation is 2. The molecule has 98 valence electrons. The lowest BCUT2D eigenvalue weighted by atomic mass is 9.85. The number of fused-ring (bicyclic) bond motifs is 1. The number of pyridine rings is 1. The second kappa shape index (κ2) is 4.69. The molecule has 1 aliphatic rings. The van der Waals surface area contributed by atoms with E-state index in [0.717, 1.165) is 19.4 Å². The Labute approximate surface area is 114 Å². The van der Waals surface area contributed by atoms with E-state index in [1.165, 1.54) is 22.4 Å². The van der Waals surface area contributed by atoms with Crippen molar-refractivity contribution < 1.29 is 0 Å². The van der Waals surface area contributed by atoms with Gasteiger partial charge in [-0.05, 0) is 41.7 Å². The predicted octanol–water partition coefficient (Wildman–Crippen LogP) is 3.57. The van der Waals surface area contributed by atoms with Crippen molar-refractivity contribution in [2.24, 2.45) is 0 Å². The summed E-state index contributed by atoms with van der Waals surface area (Å²) in [5.74, 6) is 0. The lowest BCUT2D eigenvalue weighted by Gasteiger charge is -2.17. The molecule has 0 spiro atoms. The molecule has 3 rings (SSSR count). The Hall–Kier alpha value is -1.83. The van der Waals surface area contributed by atoms with Crippen LogP contribution in [0.15, 0.2) is 42.7 Å². The number of anilines is 1. The van der Waals surface area contributed by atoms with Gasteiger partial charge in [0, 0.05) is 30.0 Å². The molecule has 1 N–H and O–H groups in total. The molecule has 1 aliphatic heterocycles. The first kappa shape index (κ1) is 12.2. The van der Waals surface area contributed by atoms with Crippen LogP contribution in [0.25, 0.3) is 0 Å². The summed E-state index contributed by atoms with van der Waals surface area (Å²) in [6.45, 7) is 5.64. The van der Waals surface area contributed by atoms with E-state index in [1.54, 1.807) is 0 Å². The molecule has 0 aliphatic carbocycles. The van der Waals surface area contributed by atoms with Crippen molar-refractivity contribution in [2.45, 2.75) is 32.1 Å². The van der Waals surface area contributed by atoms with Gasteiger partial charge in [0.2, 0.25) is 0 Å². The van der Waals surface area contributed by atoms with E-state index in [-0.39, 0.29) is 5.41 Å². The Morgan fingerprint density at radius 1 is 1.16 bits per heavy atom. The van der Waals surface area contributed by atoms with Crippen molar-refractivity contribution in [1.29, 1.82) is 0 Å². The molecule has 0 bridgehead atoms. The summed E-state index contributed by atoms with van der Waals surface area (Å²) < 4.78 is 0. The van der Waals surface area contributed by atoms with Crippen LogP contribution in [0.5, 0.6) is 0 Å². The van der Waals surface area contributed by atoms with Gasteiger partial charge >= 0.3 is 0 Å². The lowest BCUT2D eigenvalue weighted by Crippen LogP contribution is -2.19. The normalized spacial score (nSPS) is 15.9. The van der Waals surface area contributed by atoms with Gasteiger partial charge in [0.25, 0.3) is 0 Å². The van der Waals surface area contributed by atoms with Crippen LogP contribution in [-0.2, 0) is 18.3 Å². The topological polar surface area (TPSA) is 24.9 Å². The number of rotatable bonds is 3. The standard InChI is InChI=1S/C17H20N2/c1-17(2)12-19-16-8-7-13(10-15(16)17)5-6-14-4-3-9-18-11-14/h3-4,7-11,19H,5-6,12H2,1-2H3. The van der Waals surface area contributed by atoms with Crippen molar-refractivity contribution in [3.05, 3.63) is 59.4 Å². The Morgan fingerprint density at radius 2 is 2.00 bits per heavy atom. The molecule has 2 nitrogen and oxygen atoms in total. The lowest BCUT2D eigenvalue weighted by molar-refractivity contribution is 0.585. The summed E-state index contributed by atoms with van der Waals surface area (Å²) in [4.78, 5) is 4.17. The van der Waals surface area contributed by atoms with Gasteiger partial charge in [-0.3, -0.25) is 4.98 Å². The Kier molecular flexibility index (Phi) is 3.02. The van der Waals surface area contributed by atoms with E-state index in [1.807, 2.05) is 18.5 Å². The van der Waals surface area contributed by atoms with Gasteiger partial charge in [0.05, 0.1) is 0 Å². The highest BCUT2D eigenvalue weighted by Gasteiger charge is 2.29. The van der Waals surface area contributed by atoms with Crippen LogP contribution >= 0.6 is 0 Å². The fourth-order valence-corrected chi connectivity index (χ4v) is 2.71. The van der Waals surface area contributed by atoms with Gasteiger partial charge < -0.3 is 5.32 Å². The summed E-state index contributed by atoms with van der Waals surface area (Å²) >= 11 is 0. The number of nitrogens with zero attached hydrogens (tertiary/aromatic N) is 1. The van der Waals surface area contributed by atoms with Crippen LogP contribution in [0.1, 0.15) is 30.5 Å². The van der Waals surface area contributed by atoms with Crippen LogP contribution in [0.3, 0.4) is 0 Å². The van der Waals surface area contributed by atoms with Crippen molar-refractivity contribution in [2.75, 3.05) is 11.9 Å². The van der Waals surface area contributed by atoms with Crippen LogP contribution in [0, 0.1) is 0 Å². The van der Waals surface area contributed by atoms with Crippen molar-refractivity contribution in [1.82, 2.24) is 4.98 Å². The average Bonchev–Trinajstić information content (AvgIpc) is 2.73. The molecule has 2 heteroatoms. The first-order valence-corrected chi connectivity index (χ1v) is 6.91. The SMILES string of the molecule is CC1(C)CNc2ccc(CCc3cccnc3)cc21. The number of hydrogen-bond donors (Lipinski definition) is 1. The van der Waals surface area contributed by atoms with Crippen LogP contribution in [-0.4, -0.2) is 11.5 Å². The molecular weight excluding hydrogens is 232 g/mol. The summed E-state index contributed by atoms with van der Waals surface area (Å²) in [5.41, 5.74) is 5.73. The minimum Gasteiger partial charge on any atom is -0.384 e. The second-order valence-electron chi connectivity index (χ2n) is 5.98. The second-order valence-corrected chi connectivity index (χ2v) is 5.98. The van der Waals surface area contributed by atoms with E-state index >= 15 is 0 Å². The van der Waals surface area contributed by atoms with E-state index < -0.39 is 0 Å². The quantitative estimate of drug-likeness (QED) is 0.903. The third-order valence-electron chi connectivity index (χ3n) is 3.96. The van der Waals surface area contributed by atoms with Crippen LogP contribution in [0.2, 0.25) is 0 Å². The molecule has 2 heterocycles. The van der Waals surface area contributed by atoms with Gasteiger partial charge in [0.15, 0.2) is 0 Å². The molecule has 0 atom stereocenters. The van der Waals surface area contributed by atoms with Gasteiger partial charge in [-0.1, -0.05) is 32.0 Å². The minimum atomic E-state index is 0.250. The summed E-state index contributed by atoms with van der Waals surface area (Å²) in [5, 5.41) is 3.48. The van der Waals surface area contributed by atoms with E-state index in [0.29, 0.717) is 0 Å². The smallest absolute Gasteiger partial charge is 0.0379 e. The molecule has 0 amide bonds. The molecular formula is C17H20N2. The molecule has 1 aromatic carbocycles. The number of hydrogen-bond acceptors (Lipinski definition) is 2. The highest BCUT2D eigenvalue weighted by Crippen LogP contribution is 2.36. The third-order valence-corrected chi connectivity index (χ3v) is 3.96. The molecule has 0 saturated heterocycles. The zero-order valence-corrected chi connectivity index (χ0v) is 11.6. The summed E-state index contributed by atoms with van der Waals surface area (Å²) in [6.07, 6.45) is 5.92. The Balaban J connectivity index is 1.77. The zero-order chi connectivity index (χ0) is 13.3. The maximum absolute atomic E-state index is 4.17. The predicted molar refractivity (Wildman–Crippen MR) is 79.6 cm³/mol.